The van der Waals surface area contributed by atoms with E-state index in [0.29, 0.717) is 13.2 Å². The summed E-state index contributed by atoms with van der Waals surface area (Å²) >= 11 is 0. The molecule has 0 aliphatic carbocycles. The lowest BCUT2D eigenvalue weighted by atomic mass is 10.1. The monoisotopic (exact) mass is 397 g/mol. The van der Waals surface area contributed by atoms with Gasteiger partial charge >= 0.3 is 0 Å². The number of nitrogens with zero attached hydrogens (tertiary/aromatic N) is 1. The van der Waals surface area contributed by atoms with Crippen LogP contribution in [0.2, 0.25) is 0 Å². The van der Waals surface area contributed by atoms with Crippen LogP contribution in [0.25, 0.3) is 0 Å². The third-order valence-electron chi connectivity index (χ3n) is 4.59. The Morgan fingerprint density at radius 2 is 2.07 bits per heavy atom. The summed E-state index contributed by atoms with van der Waals surface area (Å²) in [6.45, 7) is 1.38. The lowest BCUT2D eigenvalue weighted by Gasteiger charge is -2.31. The van der Waals surface area contributed by atoms with E-state index in [9.17, 15) is 18.0 Å². The van der Waals surface area contributed by atoms with Gasteiger partial charge in [-0.15, -0.1) is 0 Å². The Bertz CT molecular complexity index is 807. The van der Waals surface area contributed by atoms with Gasteiger partial charge in [-0.25, -0.2) is 13.1 Å². The molecule has 2 aliphatic rings. The van der Waals surface area contributed by atoms with E-state index in [0.717, 1.165) is 12.8 Å². The highest BCUT2D eigenvalue weighted by Crippen LogP contribution is 2.17. The molecule has 9 nitrogen and oxygen atoms in total. The number of sulfonamides is 1. The molecule has 2 amide bonds. The molecule has 2 saturated heterocycles. The molecule has 1 aromatic carbocycles. The number of carbonyl (C=O) groups is 2. The molecule has 148 valence electrons. The van der Waals surface area contributed by atoms with E-state index in [-0.39, 0.29) is 42.2 Å². The van der Waals surface area contributed by atoms with Gasteiger partial charge in [-0.2, -0.15) is 0 Å². The van der Waals surface area contributed by atoms with Gasteiger partial charge in [0.05, 0.1) is 24.2 Å². The minimum absolute atomic E-state index is 0.00561. The summed E-state index contributed by atoms with van der Waals surface area (Å²) in [7, 11) is -3.76. The summed E-state index contributed by atoms with van der Waals surface area (Å²) in [6, 6.07) is 5.81. The van der Waals surface area contributed by atoms with E-state index in [1.54, 1.807) is 0 Å². The highest BCUT2D eigenvalue weighted by Gasteiger charge is 2.29. The first-order valence-electron chi connectivity index (χ1n) is 8.78. The molecule has 0 radical (unpaired) electrons. The smallest absolute Gasteiger partial charge is 0.254 e. The zero-order valence-electron chi connectivity index (χ0n) is 14.8. The second-order valence-corrected chi connectivity index (χ2v) is 8.29. The number of amides is 2. The SMILES string of the molecule is NC(=O)C1CN(C(=O)c2cccc(S(=O)(=O)NCC3CCCO3)c2)CCO1. The maximum atomic E-state index is 12.7. The van der Waals surface area contributed by atoms with Gasteiger partial charge in [0.25, 0.3) is 5.91 Å². The number of hydrogen-bond acceptors (Lipinski definition) is 6. The van der Waals surface area contributed by atoms with Crippen LogP contribution in [0.3, 0.4) is 0 Å². The minimum Gasteiger partial charge on any atom is -0.377 e. The average Bonchev–Trinajstić information content (AvgIpc) is 3.20. The van der Waals surface area contributed by atoms with Crippen LogP contribution < -0.4 is 10.5 Å². The zero-order chi connectivity index (χ0) is 19.4. The molecule has 2 unspecified atom stereocenters. The molecular weight excluding hydrogens is 374 g/mol. The summed E-state index contributed by atoms with van der Waals surface area (Å²) in [5.41, 5.74) is 5.46. The predicted molar refractivity (Wildman–Crippen MR) is 95.4 cm³/mol. The van der Waals surface area contributed by atoms with Crippen LogP contribution >= 0.6 is 0 Å². The molecule has 2 fully saturated rings. The van der Waals surface area contributed by atoms with Gasteiger partial charge in [-0.05, 0) is 31.0 Å². The number of hydrogen-bond donors (Lipinski definition) is 2. The molecule has 0 bridgehead atoms. The van der Waals surface area contributed by atoms with Crippen molar-refractivity contribution in [2.75, 3.05) is 32.8 Å². The van der Waals surface area contributed by atoms with Crippen molar-refractivity contribution in [1.82, 2.24) is 9.62 Å². The summed E-state index contributed by atoms with van der Waals surface area (Å²) in [5.74, 6) is -1.01. The number of benzene rings is 1. The minimum atomic E-state index is -3.76. The number of morpholine rings is 1. The Morgan fingerprint density at radius 3 is 2.78 bits per heavy atom. The normalized spacial score (nSPS) is 23.3. The molecule has 0 spiro atoms. The van der Waals surface area contributed by atoms with Gasteiger partial charge in [-0.1, -0.05) is 6.07 Å². The third-order valence-corrected chi connectivity index (χ3v) is 6.01. The van der Waals surface area contributed by atoms with E-state index in [1.807, 2.05) is 0 Å². The second kappa shape index (κ2) is 8.34. The molecule has 10 heteroatoms. The number of primary amides is 1. The van der Waals surface area contributed by atoms with Gasteiger partial charge in [0.15, 0.2) is 6.10 Å². The van der Waals surface area contributed by atoms with E-state index in [2.05, 4.69) is 4.72 Å². The first-order chi connectivity index (χ1) is 12.9. The molecule has 1 aromatic rings. The molecule has 2 aliphatic heterocycles. The second-order valence-electron chi connectivity index (χ2n) is 6.53. The van der Waals surface area contributed by atoms with E-state index >= 15 is 0 Å². The van der Waals surface area contributed by atoms with Crippen LogP contribution in [0.5, 0.6) is 0 Å². The standard InChI is InChI=1S/C17H23N3O6S/c18-16(21)15-11-20(6-8-26-15)17(22)12-3-1-5-14(9-12)27(23,24)19-10-13-4-2-7-25-13/h1,3,5,9,13,15,19H,2,4,6-8,10-11H2,(H2,18,21). The van der Waals surface area contributed by atoms with Crippen LogP contribution in [-0.2, 0) is 24.3 Å². The van der Waals surface area contributed by atoms with Gasteiger partial charge in [-0.3, -0.25) is 9.59 Å². The molecule has 2 atom stereocenters. The fourth-order valence-corrected chi connectivity index (χ4v) is 4.19. The number of nitrogens with two attached hydrogens (primary N) is 1. The van der Waals surface area contributed by atoms with Crippen molar-refractivity contribution in [1.29, 1.82) is 0 Å². The molecule has 3 rings (SSSR count). The van der Waals surface area contributed by atoms with Gasteiger partial charge in [0.1, 0.15) is 0 Å². The largest absolute Gasteiger partial charge is 0.377 e. The van der Waals surface area contributed by atoms with Crippen molar-refractivity contribution in [3.8, 4) is 0 Å². The summed E-state index contributed by atoms with van der Waals surface area (Å²) in [5, 5.41) is 0. The summed E-state index contributed by atoms with van der Waals surface area (Å²) < 4.78 is 38.2. The molecular formula is C17H23N3O6S. The number of nitrogens with one attached hydrogen (secondary N) is 1. The Balaban J connectivity index is 1.70. The van der Waals surface area contributed by atoms with E-state index < -0.39 is 22.0 Å². The summed E-state index contributed by atoms with van der Waals surface area (Å²) in [6.07, 6.45) is 0.757. The zero-order valence-corrected chi connectivity index (χ0v) is 15.6. The van der Waals surface area contributed by atoms with Crippen LogP contribution in [0, 0.1) is 0 Å². The highest BCUT2D eigenvalue weighted by atomic mass is 32.2. The van der Waals surface area contributed by atoms with Gasteiger partial charge in [0.2, 0.25) is 15.9 Å². The van der Waals surface area contributed by atoms with Crippen LogP contribution in [-0.4, -0.2) is 70.2 Å². The van der Waals surface area contributed by atoms with Crippen LogP contribution in [0.15, 0.2) is 29.2 Å². The molecule has 0 saturated carbocycles. The van der Waals surface area contributed by atoms with Crippen LogP contribution in [0.4, 0.5) is 0 Å². The highest BCUT2D eigenvalue weighted by molar-refractivity contribution is 7.89. The van der Waals surface area contributed by atoms with Crippen LogP contribution in [0.1, 0.15) is 23.2 Å². The first kappa shape index (κ1) is 19.7. The van der Waals surface area contributed by atoms with Crippen molar-refractivity contribution >= 4 is 21.8 Å². The van der Waals surface area contributed by atoms with Crippen molar-refractivity contribution in [3.05, 3.63) is 29.8 Å². The first-order valence-corrected chi connectivity index (χ1v) is 10.3. The molecule has 3 N–H and O–H groups in total. The van der Waals surface area contributed by atoms with Gasteiger partial charge < -0.3 is 20.1 Å². The maximum absolute atomic E-state index is 12.7. The average molecular weight is 397 g/mol. The van der Waals surface area contributed by atoms with E-state index in [4.69, 9.17) is 15.2 Å². The number of carbonyl (C=O) groups excluding carboxylic acids is 2. The van der Waals surface area contributed by atoms with Crippen molar-refractivity contribution in [3.63, 3.8) is 0 Å². The summed E-state index contributed by atoms with van der Waals surface area (Å²) in [4.78, 5) is 25.4. The Hall–Kier alpha value is -2.01. The molecule has 0 aromatic heterocycles. The Morgan fingerprint density at radius 1 is 1.26 bits per heavy atom. The van der Waals surface area contributed by atoms with Gasteiger partial charge in [0, 0.05) is 25.3 Å². The quantitative estimate of drug-likeness (QED) is 0.664. The Labute approximate surface area is 157 Å². The third kappa shape index (κ3) is 4.83. The molecule has 27 heavy (non-hydrogen) atoms. The number of ether oxygens (including phenoxy) is 2. The van der Waals surface area contributed by atoms with Crippen molar-refractivity contribution in [2.24, 2.45) is 5.73 Å². The topological polar surface area (TPSA) is 128 Å². The van der Waals surface area contributed by atoms with E-state index in [1.165, 1.54) is 29.2 Å². The number of rotatable bonds is 6. The fraction of sp³-hybridized carbons (Fsp3) is 0.529. The fourth-order valence-electron chi connectivity index (χ4n) is 3.08. The lowest BCUT2D eigenvalue weighted by molar-refractivity contribution is -0.133. The lowest BCUT2D eigenvalue weighted by Crippen LogP contribution is -2.50. The van der Waals surface area contributed by atoms with Crippen molar-refractivity contribution in [2.45, 2.75) is 29.9 Å². The van der Waals surface area contributed by atoms with Crippen molar-refractivity contribution < 1.29 is 27.5 Å². The predicted octanol–water partition coefficient (Wildman–Crippen LogP) is -0.530. The Kier molecular flexibility index (Phi) is 6.10. The maximum Gasteiger partial charge on any atom is 0.254 e. The molecule has 2 heterocycles.